The number of benzene rings is 1. The number of nitrogens with zero attached hydrogens (tertiary/aromatic N) is 2. The second-order valence-electron chi connectivity index (χ2n) is 3.52. The van der Waals surface area contributed by atoms with E-state index in [0.717, 1.165) is 6.07 Å². The monoisotopic (exact) mass is 224 g/mol. The first-order chi connectivity index (χ1) is 7.50. The molecule has 0 spiro atoms. The Morgan fingerprint density at radius 2 is 1.94 bits per heavy atom. The highest BCUT2D eigenvalue weighted by molar-refractivity contribution is 5.54. The maximum Gasteiger partial charge on any atom is 0.279 e. The van der Waals surface area contributed by atoms with Crippen LogP contribution in [0.4, 0.5) is 11.4 Å². The summed E-state index contributed by atoms with van der Waals surface area (Å²) >= 11 is 0. The third kappa shape index (κ3) is 1.72. The molecule has 0 saturated carbocycles. The molecule has 0 aromatic heterocycles. The smallest absolute Gasteiger partial charge is 0.279 e. The molecule has 7 nitrogen and oxygen atoms in total. The van der Waals surface area contributed by atoms with Crippen LogP contribution in [-0.4, -0.2) is 16.5 Å². The highest BCUT2D eigenvalue weighted by atomic mass is 16.6. The lowest BCUT2D eigenvalue weighted by Crippen LogP contribution is -1.99. The van der Waals surface area contributed by atoms with Crippen LogP contribution in [0.3, 0.4) is 0 Å². The average molecular weight is 224 g/mol. The molecular weight excluding hydrogens is 216 g/mol. The summed E-state index contributed by atoms with van der Waals surface area (Å²) in [6.45, 7) is 2.03. The topological polar surface area (TPSA) is 98.8 Å². The van der Waals surface area contributed by atoms with Crippen LogP contribution < -0.4 is 0 Å². The van der Waals surface area contributed by atoms with E-state index in [-0.39, 0.29) is 17.5 Å². The Labute approximate surface area is 89.9 Å². The van der Waals surface area contributed by atoms with E-state index >= 15 is 0 Å². The molecular formula is C9H8N2O5. The van der Waals surface area contributed by atoms with Gasteiger partial charge in [-0.3, -0.25) is 20.2 Å². The number of nitro groups is 2. The molecule has 1 unspecified atom stereocenters. The number of ether oxygens (including phenoxy) is 1. The first-order valence-corrected chi connectivity index (χ1v) is 4.55. The van der Waals surface area contributed by atoms with Crippen LogP contribution in [0.5, 0.6) is 0 Å². The Balaban J connectivity index is 2.60. The van der Waals surface area contributed by atoms with Crippen LogP contribution >= 0.6 is 0 Å². The Morgan fingerprint density at radius 1 is 1.31 bits per heavy atom. The van der Waals surface area contributed by atoms with Gasteiger partial charge in [-0.1, -0.05) is 0 Å². The van der Waals surface area contributed by atoms with Gasteiger partial charge in [-0.15, -0.1) is 0 Å². The summed E-state index contributed by atoms with van der Waals surface area (Å²) < 4.78 is 5.00. The summed E-state index contributed by atoms with van der Waals surface area (Å²) in [5.41, 5.74) is 0.446. The van der Waals surface area contributed by atoms with Gasteiger partial charge in [0.2, 0.25) is 0 Å². The van der Waals surface area contributed by atoms with Crippen molar-refractivity contribution in [1.82, 2.24) is 0 Å². The van der Waals surface area contributed by atoms with Gasteiger partial charge in [0.15, 0.2) is 0 Å². The van der Waals surface area contributed by atoms with Crippen LogP contribution in [0.1, 0.15) is 17.2 Å². The molecule has 2 rings (SSSR count). The minimum Gasteiger partial charge on any atom is -0.368 e. The molecule has 1 fully saturated rings. The maximum atomic E-state index is 10.7. The largest absolute Gasteiger partial charge is 0.368 e. The van der Waals surface area contributed by atoms with Crippen molar-refractivity contribution < 1.29 is 14.6 Å². The van der Waals surface area contributed by atoms with Gasteiger partial charge >= 0.3 is 0 Å². The van der Waals surface area contributed by atoms with Crippen molar-refractivity contribution in [2.45, 2.75) is 13.0 Å². The number of nitro benzene ring substituents is 2. The molecule has 1 aromatic carbocycles. The van der Waals surface area contributed by atoms with Gasteiger partial charge in [-0.05, 0) is 12.5 Å². The minimum absolute atomic E-state index is 0.236. The van der Waals surface area contributed by atoms with Crippen molar-refractivity contribution in [2.24, 2.45) is 0 Å². The zero-order valence-electron chi connectivity index (χ0n) is 8.37. The van der Waals surface area contributed by atoms with Crippen LogP contribution in [0.2, 0.25) is 0 Å². The third-order valence-corrected chi connectivity index (χ3v) is 2.49. The average Bonchev–Trinajstić information content (AvgIpc) is 3.00. The quantitative estimate of drug-likeness (QED) is 0.443. The number of hydrogen-bond donors (Lipinski definition) is 0. The van der Waals surface area contributed by atoms with Gasteiger partial charge in [-0.25, -0.2) is 0 Å². The van der Waals surface area contributed by atoms with E-state index in [1.165, 1.54) is 6.07 Å². The fourth-order valence-electron chi connectivity index (χ4n) is 1.56. The van der Waals surface area contributed by atoms with E-state index in [0.29, 0.717) is 17.7 Å². The van der Waals surface area contributed by atoms with Crippen LogP contribution in [0, 0.1) is 27.2 Å². The minimum atomic E-state index is -0.641. The number of non-ortho nitro benzene ring substituents is 1. The van der Waals surface area contributed by atoms with E-state index in [1.54, 1.807) is 6.92 Å². The van der Waals surface area contributed by atoms with Gasteiger partial charge in [0, 0.05) is 11.6 Å². The summed E-state index contributed by atoms with van der Waals surface area (Å²) in [6.07, 6.45) is -0.237. The van der Waals surface area contributed by atoms with E-state index in [4.69, 9.17) is 4.74 Å². The van der Waals surface area contributed by atoms with Gasteiger partial charge < -0.3 is 4.74 Å². The summed E-state index contributed by atoms with van der Waals surface area (Å²) in [4.78, 5) is 20.1. The lowest BCUT2D eigenvalue weighted by Gasteiger charge is -2.03. The highest BCUT2D eigenvalue weighted by Gasteiger charge is 2.32. The molecule has 0 amide bonds. The molecule has 1 aliphatic rings. The predicted octanol–water partition coefficient (Wildman–Crippen LogP) is 1.88. The molecule has 16 heavy (non-hydrogen) atoms. The maximum absolute atomic E-state index is 10.7. The second kappa shape index (κ2) is 3.53. The Bertz CT molecular complexity index is 481. The van der Waals surface area contributed by atoms with Gasteiger partial charge in [0.05, 0.1) is 22.5 Å². The Morgan fingerprint density at radius 3 is 2.38 bits per heavy atom. The van der Waals surface area contributed by atoms with Crippen molar-refractivity contribution in [2.75, 3.05) is 6.61 Å². The zero-order chi connectivity index (χ0) is 11.9. The summed E-state index contributed by atoms with van der Waals surface area (Å²) in [7, 11) is 0. The molecule has 1 aromatic rings. The summed E-state index contributed by atoms with van der Waals surface area (Å²) in [5, 5.41) is 21.4. The molecule has 0 N–H and O–H groups in total. The zero-order valence-corrected chi connectivity index (χ0v) is 8.37. The molecule has 0 bridgehead atoms. The summed E-state index contributed by atoms with van der Waals surface area (Å²) in [6, 6.07) is 2.31. The Kier molecular flexibility index (Phi) is 2.31. The van der Waals surface area contributed by atoms with Gasteiger partial charge in [0.25, 0.3) is 11.4 Å². The molecule has 1 heterocycles. The Hall–Kier alpha value is -2.02. The fraction of sp³-hybridized carbons (Fsp3) is 0.333. The number of epoxide rings is 1. The van der Waals surface area contributed by atoms with Crippen molar-refractivity contribution in [3.63, 3.8) is 0 Å². The number of rotatable bonds is 3. The van der Waals surface area contributed by atoms with Crippen molar-refractivity contribution in [3.05, 3.63) is 43.5 Å². The summed E-state index contributed by atoms with van der Waals surface area (Å²) in [5.74, 6) is 0. The van der Waals surface area contributed by atoms with Crippen LogP contribution in [0.25, 0.3) is 0 Å². The van der Waals surface area contributed by atoms with Crippen molar-refractivity contribution in [1.29, 1.82) is 0 Å². The molecule has 84 valence electrons. The lowest BCUT2D eigenvalue weighted by molar-refractivity contribution is -0.394. The van der Waals surface area contributed by atoms with Crippen molar-refractivity contribution >= 4 is 11.4 Å². The molecule has 1 atom stereocenters. The first-order valence-electron chi connectivity index (χ1n) is 4.55. The molecule has 0 aliphatic carbocycles. The fourth-order valence-corrected chi connectivity index (χ4v) is 1.56. The normalized spacial score (nSPS) is 18.2. The molecule has 0 radical (unpaired) electrons. The van der Waals surface area contributed by atoms with E-state index in [2.05, 4.69) is 0 Å². The van der Waals surface area contributed by atoms with Crippen LogP contribution in [-0.2, 0) is 4.74 Å². The predicted molar refractivity (Wildman–Crippen MR) is 53.2 cm³/mol. The highest BCUT2D eigenvalue weighted by Crippen LogP contribution is 2.38. The lowest BCUT2D eigenvalue weighted by atomic mass is 10.0. The number of hydrogen-bond acceptors (Lipinski definition) is 5. The van der Waals surface area contributed by atoms with Crippen LogP contribution in [0.15, 0.2) is 12.1 Å². The molecule has 1 saturated heterocycles. The van der Waals surface area contributed by atoms with Gasteiger partial charge in [0.1, 0.15) is 6.10 Å². The van der Waals surface area contributed by atoms with Gasteiger partial charge in [-0.2, -0.15) is 0 Å². The second-order valence-corrected chi connectivity index (χ2v) is 3.52. The SMILES string of the molecule is Cc1c(C2CO2)cc([N+](=O)[O-])cc1[N+](=O)[O-]. The molecule has 1 aliphatic heterocycles. The van der Waals surface area contributed by atoms with E-state index in [9.17, 15) is 20.2 Å². The first kappa shape index (κ1) is 10.5. The van der Waals surface area contributed by atoms with E-state index in [1.807, 2.05) is 0 Å². The molecule has 7 heteroatoms. The third-order valence-electron chi connectivity index (χ3n) is 2.49. The van der Waals surface area contributed by atoms with Crippen molar-refractivity contribution in [3.8, 4) is 0 Å². The van der Waals surface area contributed by atoms with E-state index < -0.39 is 9.85 Å². The standard InChI is InChI=1S/C9H8N2O5/c1-5-7(9-4-16-9)2-6(10(12)13)3-8(5)11(14)15/h2-3,9H,4H2,1H3.